The van der Waals surface area contributed by atoms with Gasteiger partial charge in [0.1, 0.15) is 0 Å². The van der Waals surface area contributed by atoms with Crippen LogP contribution < -0.4 is 0 Å². The van der Waals surface area contributed by atoms with Crippen molar-refractivity contribution < 1.29 is 5.11 Å². The minimum absolute atomic E-state index is 0.109. The summed E-state index contributed by atoms with van der Waals surface area (Å²) in [6, 6.07) is 7.79. The van der Waals surface area contributed by atoms with Gasteiger partial charge < -0.3 is 5.11 Å². The summed E-state index contributed by atoms with van der Waals surface area (Å²) in [5, 5.41) is 17.9. The Morgan fingerprint density at radius 3 is 2.71 bits per heavy atom. The van der Waals surface area contributed by atoms with E-state index in [9.17, 15) is 0 Å². The second kappa shape index (κ2) is 4.78. The van der Waals surface area contributed by atoms with Crippen LogP contribution in [-0.2, 0) is 6.42 Å². The normalized spacial score (nSPS) is 12.1. The molecule has 1 aromatic carbocycles. The average Bonchev–Trinajstić information content (AvgIpc) is 2.27. The highest BCUT2D eigenvalue weighted by Crippen LogP contribution is 2.21. The Bertz CT molecular complexity index is 352. The molecular weight excluding hydrogens is 174 g/mol. The summed E-state index contributed by atoms with van der Waals surface area (Å²) in [7, 11) is 0. The van der Waals surface area contributed by atoms with Crippen molar-refractivity contribution in [3.63, 3.8) is 0 Å². The molecule has 1 aromatic rings. The number of aliphatic hydroxyl groups is 1. The second-order valence-corrected chi connectivity index (χ2v) is 3.46. The van der Waals surface area contributed by atoms with E-state index in [4.69, 9.17) is 10.4 Å². The number of aryl methyl sites for hydroxylation is 1. The van der Waals surface area contributed by atoms with Gasteiger partial charge in [-0.3, -0.25) is 0 Å². The fourth-order valence-corrected chi connectivity index (χ4v) is 1.54. The van der Waals surface area contributed by atoms with E-state index in [1.807, 2.05) is 25.1 Å². The van der Waals surface area contributed by atoms with Gasteiger partial charge in [0.05, 0.1) is 11.6 Å². The molecule has 1 N–H and O–H groups in total. The molecule has 2 heteroatoms. The lowest BCUT2D eigenvalue weighted by molar-refractivity contribution is 0.272. The van der Waals surface area contributed by atoms with Crippen molar-refractivity contribution in [3.05, 3.63) is 34.9 Å². The zero-order chi connectivity index (χ0) is 10.6. The number of aliphatic hydroxyl groups excluding tert-OH is 1. The molecule has 0 spiro atoms. The molecule has 1 unspecified atom stereocenters. The van der Waals surface area contributed by atoms with Crippen molar-refractivity contribution in [1.29, 1.82) is 5.26 Å². The van der Waals surface area contributed by atoms with E-state index < -0.39 is 0 Å². The zero-order valence-corrected chi connectivity index (χ0v) is 8.62. The molecule has 1 atom stereocenters. The lowest BCUT2D eigenvalue weighted by Gasteiger charge is -2.13. The standard InChI is InChI=1S/C12H15NO/c1-3-11-5-4-10(7-13)6-12(11)9(2)8-14/h4-6,9,14H,3,8H2,1-2H3. The summed E-state index contributed by atoms with van der Waals surface area (Å²) in [5.41, 5.74) is 2.97. The second-order valence-electron chi connectivity index (χ2n) is 3.46. The molecule has 0 aliphatic rings. The maximum atomic E-state index is 9.09. The quantitative estimate of drug-likeness (QED) is 0.792. The first-order valence-corrected chi connectivity index (χ1v) is 4.86. The van der Waals surface area contributed by atoms with Crippen molar-refractivity contribution in [3.8, 4) is 6.07 Å². The molecule has 0 amide bonds. The number of benzene rings is 1. The number of hydrogen-bond acceptors (Lipinski definition) is 2. The average molecular weight is 189 g/mol. The fourth-order valence-electron chi connectivity index (χ4n) is 1.54. The van der Waals surface area contributed by atoms with Crippen LogP contribution in [0.3, 0.4) is 0 Å². The van der Waals surface area contributed by atoms with E-state index in [0.717, 1.165) is 12.0 Å². The lowest BCUT2D eigenvalue weighted by atomic mass is 9.93. The largest absolute Gasteiger partial charge is 0.396 e. The van der Waals surface area contributed by atoms with Gasteiger partial charge in [0.2, 0.25) is 0 Å². The first kappa shape index (κ1) is 10.7. The molecule has 0 saturated carbocycles. The maximum Gasteiger partial charge on any atom is 0.0991 e. The SMILES string of the molecule is CCc1ccc(C#N)cc1C(C)CO. The van der Waals surface area contributed by atoms with Gasteiger partial charge in [-0.2, -0.15) is 5.26 Å². The Morgan fingerprint density at radius 2 is 2.21 bits per heavy atom. The van der Waals surface area contributed by atoms with Crippen LogP contribution in [-0.4, -0.2) is 11.7 Å². The van der Waals surface area contributed by atoms with E-state index in [1.165, 1.54) is 5.56 Å². The molecule has 0 radical (unpaired) electrons. The summed E-state index contributed by atoms with van der Waals surface area (Å²) >= 11 is 0. The summed E-state index contributed by atoms with van der Waals surface area (Å²) in [5.74, 6) is 0.109. The Kier molecular flexibility index (Phi) is 3.67. The summed E-state index contributed by atoms with van der Waals surface area (Å²) in [6.45, 7) is 4.17. The van der Waals surface area contributed by atoms with Gasteiger partial charge in [-0.25, -0.2) is 0 Å². The summed E-state index contributed by atoms with van der Waals surface area (Å²) in [4.78, 5) is 0. The third kappa shape index (κ3) is 2.12. The van der Waals surface area contributed by atoms with Crippen molar-refractivity contribution in [2.24, 2.45) is 0 Å². The van der Waals surface area contributed by atoms with E-state index in [-0.39, 0.29) is 12.5 Å². The number of rotatable bonds is 3. The van der Waals surface area contributed by atoms with Crippen LogP contribution in [0.25, 0.3) is 0 Å². The molecule has 0 aliphatic heterocycles. The van der Waals surface area contributed by atoms with Gasteiger partial charge in [-0.15, -0.1) is 0 Å². The predicted octanol–water partition coefficient (Wildman–Crippen LogP) is 2.22. The van der Waals surface area contributed by atoms with Crippen LogP contribution in [0.4, 0.5) is 0 Å². The van der Waals surface area contributed by atoms with Gasteiger partial charge >= 0.3 is 0 Å². The first-order chi connectivity index (χ1) is 6.72. The van der Waals surface area contributed by atoms with Gasteiger partial charge in [0.15, 0.2) is 0 Å². The molecule has 0 fully saturated rings. The molecule has 2 nitrogen and oxygen atoms in total. The molecule has 14 heavy (non-hydrogen) atoms. The van der Waals surface area contributed by atoms with Crippen molar-refractivity contribution in [1.82, 2.24) is 0 Å². The molecule has 74 valence electrons. The first-order valence-electron chi connectivity index (χ1n) is 4.86. The Hall–Kier alpha value is -1.33. The molecule has 0 heterocycles. The van der Waals surface area contributed by atoms with Crippen LogP contribution in [0.5, 0.6) is 0 Å². The topological polar surface area (TPSA) is 44.0 Å². The number of nitriles is 1. The van der Waals surface area contributed by atoms with Crippen LogP contribution in [0, 0.1) is 11.3 Å². The third-order valence-corrected chi connectivity index (χ3v) is 2.46. The van der Waals surface area contributed by atoms with Crippen LogP contribution >= 0.6 is 0 Å². The van der Waals surface area contributed by atoms with E-state index in [0.29, 0.717) is 5.56 Å². The maximum absolute atomic E-state index is 9.09. The Morgan fingerprint density at radius 1 is 1.50 bits per heavy atom. The van der Waals surface area contributed by atoms with Gasteiger partial charge in [0.25, 0.3) is 0 Å². The molecule has 0 aromatic heterocycles. The van der Waals surface area contributed by atoms with Crippen LogP contribution in [0.15, 0.2) is 18.2 Å². The Balaban J connectivity index is 3.16. The highest BCUT2D eigenvalue weighted by molar-refractivity contribution is 5.39. The fraction of sp³-hybridized carbons (Fsp3) is 0.417. The lowest BCUT2D eigenvalue weighted by Crippen LogP contribution is -2.03. The van der Waals surface area contributed by atoms with Crippen LogP contribution in [0.1, 0.15) is 36.5 Å². The molecular formula is C12H15NO. The van der Waals surface area contributed by atoms with E-state index >= 15 is 0 Å². The van der Waals surface area contributed by atoms with Crippen molar-refractivity contribution in [2.45, 2.75) is 26.2 Å². The molecule has 0 aliphatic carbocycles. The Labute approximate surface area is 84.8 Å². The van der Waals surface area contributed by atoms with Gasteiger partial charge in [-0.05, 0) is 29.7 Å². The smallest absolute Gasteiger partial charge is 0.0991 e. The summed E-state index contributed by atoms with van der Waals surface area (Å²) < 4.78 is 0. The van der Waals surface area contributed by atoms with Gasteiger partial charge in [0, 0.05) is 12.5 Å². The molecule has 1 rings (SSSR count). The van der Waals surface area contributed by atoms with Crippen molar-refractivity contribution in [2.75, 3.05) is 6.61 Å². The third-order valence-electron chi connectivity index (χ3n) is 2.46. The van der Waals surface area contributed by atoms with Gasteiger partial charge in [-0.1, -0.05) is 19.9 Å². The van der Waals surface area contributed by atoms with E-state index in [2.05, 4.69) is 13.0 Å². The molecule has 0 saturated heterocycles. The highest BCUT2D eigenvalue weighted by atomic mass is 16.3. The minimum Gasteiger partial charge on any atom is -0.396 e. The number of nitrogens with zero attached hydrogens (tertiary/aromatic N) is 1. The summed E-state index contributed by atoms with van der Waals surface area (Å²) in [6.07, 6.45) is 0.936. The van der Waals surface area contributed by atoms with Crippen LogP contribution in [0.2, 0.25) is 0 Å². The predicted molar refractivity (Wildman–Crippen MR) is 56.0 cm³/mol. The zero-order valence-electron chi connectivity index (χ0n) is 8.62. The number of hydrogen-bond donors (Lipinski definition) is 1. The van der Waals surface area contributed by atoms with Crippen molar-refractivity contribution >= 4 is 0 Å². The monoisotopic (exact) mass is 189 g/mol. The minimum atomic E-state index is 0.109. The molecule has 0 bridgehead atoms. The van der Waals surface area contributed by atoms with E-state index in [1.54, 1.807) is 0 Å². The highest BCUT2D eigenvalue weighted by Gasteiger charge is 2.09.